The Bertz CT molecular complexity index is 574. The fourth-order valence-corrected chi connectivity index (χ4v) is 4.08. The maximum absolute atomic E-state index is 11.0. The van der Waals surface area contributed by atoms with Crippen LogP contribution in [0.1, 0.15) is 133 Å². The minimum Gasteiger partial charge on any atom is -0.507 e. The van der Waals surface area contributed by atoms with Crippen molar-refractivity contribution in [3.8, 4) is 5.75 Å². The van der Waals surface area contributed by atoms with E-state index in [9.17, 15) is 9.90 Å². The van der Waals surface area contributed by atoms with Crippen molar-refractivity contribution in [3.63, 3.8) is 0 Å². The van der Waals surface area contributed by atoms with Crippen molar-refractivity contribution in [2.24, 2.45) is 0 Å². The molecule has 0 aliphatic carbocycles. The molecule has 0 atom stereocenters. The van der Waals surface area contributed by atoms with Gasteiger partial charge in [0.1, 0.15) is 11.3 Å². The zero-order valence-corrected chi connectivity index (χ0v) is 20.0. The highest BCUT2D eigenvalue weighted by Gasteiger charge is 2.09. The SMILES string of the molecule is CCCCCCCCCCCCCCCCCCCCNc1ccc(O)c(C(=O)O)c1. The van der Waals surface area contributed by atoms with Crippen LogP contribution in [0.15, 0.2) is 18.2 Å². The summed E-state index contributed by atoms with van der Waals surface area (Å²) in [4.78, 5) is 11.0. The molecule has 178 valence electrons. The molecule has 1 aromatic rings. The Labute approximate surface area is 190 Å². The van der Waals surface area contributed by atoms with Crippen LogP contribution in [0, 0.1) is 0 Å². The van der Waals surface area contributed by atoms with Crippen LogP contribution >= 0.6 is 0 Å². The Kier molecular flexibility index (Phi) is 16.8. The first-order valence-corrected chi connectivity index (χ1v) is 13.0. The minimum absolute atomic E-state index is 0.0530. The minimum atomic E-state index is -1.10. The third kappa shape index (κ3) is 14.8. The molecule has 4 heteroatoms. The van der Waals surface area contributed by atoms with Crippen molar-refractivity contribution >= 4 is 11.7 Å². The summed E-state index contributed by atoms with van der Waals surface area (Å²) in [6, 6.07) is 4.64. The normalized spacial score (nSPS) is 11.0. The maximum Gasteiger partial charge on any atom is 0.339 e. The van der Waals surface area contributed by atoms with Gasteiger partial charge >= 0.3 is 5.97 Å². The first kappa shape index (κ1) is 27.3. The van der Waals surface area contributed by atoms with Crippen molar-refractivity contribution in [3.05, 3.63) is 23.8 Å². The molecule has 0 aliphatic rings. The molecule has 31 heavy (non-hydrogen) atoms. The summed E-state index contributed by atoms with van der Waals surface area (Å²) >= 11 is 0. The van der Waals surface area contributed by atoms with E-state index >= 15 is 0 Å². The maximum atomic E-state index is 11.0. The Morgan fingerprint density at radius 3 is 1.55 bits per heavy atom. The van der Waals surface area contributed by atoms with Gasteiger partial charge in [-0.05, 0) is 24.6 Å². The van der Waals surface area contributed by atoms with Crippen LogP contribution in [-0.2, 0) is 0 Å². The Morgan fingerprint density at radius 2 is 1.13 bits per heavy atom. The van der Waals surface area contributed by atoms with Gasteiger partial charge in [-0.25, -0.2) is 4.79 Å². The lowest BCUT2D eigenvalue weighted by atomic mass is 10.0. The number of carboxylic acid groups (broad SMARTS) is 1. The van der Waals surface area contributed by atoms with Crippen molar-refractivity contribution in [2.45, 2.75) is 122 Å². The molecule has 0 aromatic heterocycles. The van der Waals surface area contributed by atoms with E-state index in [2.05, 4.69) is 12.2 Å². The molecule has 0 amide bonds. The van der Waals surface area contributed by atoms with Crippen LogP contribution in [0.3, 0.4) is 0 Å². The van der Waals surface area contributed by atoms with Crippen LogP contribution < -0.4 is 5.32 Å². The highest BCUT2D eigenvalue weighted by Crippen LogP contribution is 2.21. The number of nitrogens with one attached hydrogen (secondary N) is 1. The lowest BCUT2D eigenvalue weighted by Gasteiger charge is -2.08. The molecule has 0 radical (unpaired) electrons. The number of hydrogen-bond donors (Lipinski definition) is 3. The summed E-state index contributed by atoms with van der Waals surface area (Å²) in [5, 5.41) is 21.8. The summed E-state index contributed by atoms with van der Waals surface area (Å²) in [7, 11) is 0. The molecule has 0 heterocycles. The zero-order chi connectivity index (χ0) is 22.6. The second kappa shape index (κ2) is 19.0. The number of benzene rings is 1. The average molecular weight is 434 g/mol. The summed E-state index contributed by atoms with van der Waals surface area (Å²) in [6.45, 7) is 3.12. The van der Waals surface area contributed by atoms with E-state index in [0.29, 0.717) is 0 Å². The molecule has 3 N–H and O–H groups in total. The van der Waals surface area contributed by atoms with Gasteiger partial charge in [0, 0.05) is 12.2 Å². The van der Waals surface area contributed by atoms with Crippen LogP contribution in [0.2, 0.25) is 0 Å². The molecule has 1 aromatic carbocycles. The smallest absolute Gasteiger partial charge is 0.339 e. The van der Waals surface area contributed by atoms with Gasteiger partial charge in [0.05, 0.1) is 0 Å². The van der Waals surface area contributed by atoms with Gasteiger partial charge in [-0.1, -0.05) is 116 Å². The molecule has 0 aliphatic heterocycles. The predicted octanol–water partition coefficient (Wildman–Crippen LogP) is 8.54. The van der Waals surface area contributed by atoms with E-state index < -0.39 is 5.97 Å². The van der Waals surface area contributed by atoms with Gasteiger partial charge < -0.3 is 15.5 Å². The van der Waals surface area contributed by atoms with Gasteiger partial charge in [0.15, 0.2) is 0 Å². The van der Waals surface area contributed by atoms with E-state index in [0.717, 1.165) is 18.7 Å². The summed E-state index contributed by atoms with van der Waals surface area (Å²) in [5.41, 5.74) is 0.699. The van der Waals surface area contributed by atoms with E-state index in [-0.39, 0.29) is 11.3 Å². The summed E-state index contributed by atoms with van der Waals surface area (Å²) < 4.78 is 0. The van der Waals surface area contributed by atoms with Gasteiger partial charge in [0.2, 0.25) is 0 Å². The first-order chi connectivity index (χ1) is 15.1. The monoisotopic (exact) mass is 433 g/mol. The van der Waals surface area contributed by atoms with Crippen molar-refractivity contribution in [1.82, 2.24) is 0 Å². The quantitative estimate of drug-likeness (QED) is 0.134. The fraction of sp³-hybridized carbons (Fsp3) is 0.741. The molecule has 1 rings (SSSR count). The highest BCUT2D eigenvalue weighted by atomic mass is 16.4. The molecule has 0 unspecified atom stereocenters. The van der Waals surface area contributed by atoms with E-state index in [1.54, 1.807) is 6.07 Å². The van der Waals surface area contributed by atoms with Crippen LogP contribution in [0.25, 0.3) is 0 Å². The summed E-state index contributed by atoms with van der Waals surface area (Å²) in [5.74, 6) is -1.29. The highest BCUT2D eigenvalue weighted by molar-refractivity contribution is 5.91. The number of phenols is 1. The Morgan fingerprint density at radius 1 is 0.710 bits per heavy atom. The van der Waals surface area contributed by atoms with Crippen molar-refractivity contribution < 1.29 is 15.0 Å². The number of anilines is 1. The molecule has 0 bridgehead atoms. The van der Waals surface area contributed by atoms with Gasteiger partial charge in [-0.2, -0.15) is 0 Å². The number of carbonyl (C=O) groups is 1. The molecular formula is C27H47NO3. The van der Waals surface area contributed by atoms with Crippen LogP contribution in [-0.4, -0.2) is 22.7 Å². The largest absolute Gasteiger partial charge is 0.507 e. The summed E-state index contributed by atoms with van der Waals surface area (Å²) in [6.07, 6.45) is 24.6. The number of aromatic hydroxyl groups is 1. The molecule has 4 nitrogen and oxygen atoms in total. The van der Waals surface area contributed by atoms with Gasteiger partial charge in [-0.3, -0.25) is 0 Å². The molecule has 0 saturated heterocycles. The number of rotatable bonds is 21. The predicted molar refractivity (Wildman–Crippen MR) is 132 cm³/mol. The third-order valence-corrected chi connectivity index (χ3v) is 6.09. The topological polar surface area (TPSA) is 69.6 Å². The lowest BCUT2D eigenvalue weighted by molar-refractivity contribution is 0.0694. The van der Waals surface area contributed by atoms with E-state index in [1.807, 2.05) is 0 Å². The van der Waals surface area contributed by atoms with E-state index in [4.69, 9.17) is 5.11 Å². The lowest BCUT2D eigenvalue weighted by Crippen LogP contribution is -2.03. The second-order valence-corrected chi connectivity index (χ2v) is 8.97. The second-order valence-electron chi connectivity index (χ2n) is 8.97. The third-order valence-electron chi connectivity index (χ3n) is 6.09. The van der Waals surface area contributed by atoms with Crippen LogP contribution in [0.5, 0.6) is 5.75 Å². The molecular weight excluding hydrogens is 386 g/mol. The number of aromatic carboxylic acids is 1. The average Bonchev–Trinajstić information content (AvgIpc) is 2.76. The van der Waals surface area contributed by atoms with Gasteiger partial charge in [0.25, 0.3) is 0 Å². The molecule has 0 fully saturated rings. The number of hydrogen-bond acceptors (Lipinski definition) is 3. The molecule has 0 saturated carbocycles. The first-order valence-electron chi connectivity index (χ1n) is 13.0. The zero-order valence-electron chi connectivity index (χ0n) is 20.0. The number of carboxylic acids is 1. The fourth-order valence-electron chi connectivity index (χ4n) is 4.08. The van der Waals surface area contributed by atoms with E-state index in [1.165, 1.54) is 121 Å². The standard InChI is InChI=1S/C27H47NO3/c1-2-3-4-5-6-7-8-9-10-11-12-13-14-15-16-17-18-19-22-28-24-20-21-26(29)25(23-24)27(30)31/h20-21,23,28-29H,2-19,22H2,1H3,(H,30,31). The van der Waals surface area contributed by atoms with Crippen LogP contribution in [0.4, 0.5) is 5.69 Å². The van der Waals surface area contributed by atoms with Crippen molar-refractivity contribution in [1.29, 1.82) is 0 Å². The Balaban J connectivity index is 1.82. The Hall–Kier alpha value is -1.71. The van der Waals surface area contributed by atoms with Gasteiger partial charge in [-0.15, -0.1) is 0 Å². The molecule has 0 spiro atoms. The van der Waals surface area contributed by atoms with Crippen molar-refractivity contribution in [2.75, 3.05) is 11.9 Å². The number of unbranched alkanes of at least 4 members (excludes halogenated alkanes) is 17.